The van der Waals surface area contributed by atoms with Crippen molar-refractivity contribution in [1.82, 2.24) is 10.2 Å². The molecular formula is C17H23BrFN3O2. The summed E-state index contributed by atoms with van der Waals surface area (Å²) in [6.07, 6.45) is 1.48. The highest BCUT2D eigenvalue weighted by Gasteiger charge is 2.26. The quantitative estimate of drug-likeness (QED) is 0.480. The van der Waals surface area contributed by atoms with E-state index in [9.17, 15) is 9.18 Å². The average molecular weight is 400 g/mol. The molecule has 1 N–H and O–H groups in total. The fourth-order valence-electron chi connectivity index (χ4n) is 2.74. The molecule has 2 rings (SSSR count). The van der Waals surface area contributed by atoms with E-state index >= 15 is 0 Å². The van der Waals surface area contributed by atoms with Gasteiger partial charge in [-0.05, 0) is 38.0 Å². The molecule has 0 aromatic heterocycles. The minimum Gasteiger partial charge on any atom is -0.469 e. The van der Waals surface area contributed by atoms with Crippen LogP contribution < -0.4 is 5.32 Å². The Morgan fingerprint density at radius 2 is 2.17 bits per heavy atom. The van der Waals surface area contributed by atoms with Gasteiger partial charge in [0.25, 0.3) is 0 Å². The minimum absolute atomic E-state index is 0.0448. The standard InChI is InChI=1S/C17H23BrFN3O2/c1-3-20-17(21-11-13-10-14(18)4-5-15(13)19)22-8-6-12(7-9-22)16(23)24-2/h4-5,10,12H,3,6-9,11H2,1-2H3,(H,20,21). The van der Waals surface area contributed by atoms with Gasteiger partial charge in [-0.25, -0.2) is 9.38 Å². The number of aliphatic imine (C=N–C) groups is 1. The Hall–Kier alpha value is -1.63. The van der Waals surface area contributed by atoms with Gasteiger partial charge in [-0.3, -0.25) is 4.79 Å². The van der Waals surface area contributed by atoms with E-state index in [0.717, 1.165) is 42.9 Å². The molecule has 0 bridgehead atoms. The maximum absolute atomic E-state index is 13.9. The number of benzene rings is 1. The summed E-state index contributed by atoms with van der Waals surface area (Å²) < 4.78 is 19.5. The summed E-state index contributed by atoms with van der Waals surface area (Å²) in [5, 5.41) is 3.24. The fourth-order valence-corrected chi connectivity index (χ4v) is 3.15. The third-order valence-electron chi connectivity index (χ3n) is 4.07. The van der Waals surface area contributed by atoms with Crippen molar-refractivity contribution in [2.45, 2.75) is 26.3 Å². The van der Waals surface area contributed by atoms with Crippen LogP contribution >= 0.6 is 15.9 Å². The smallest absolute Gasteiger partial charge is 0.308 e. The van der Waals surface area contributed by atoms with Crippen molar-refractivity contribution in [1.29, 1.82) is 0 Å². The van der Waals surface area contributed by atoms with Gasteiger partial charge in [-0.15, -0.1) is 0 Å². The van der Waals surface area contributed by atoms with Crippen LogP contribution in [0.5, 0.6) is 0 Å². The molecule has 132 valence electrons. The van der Waals surface area contributed by atoms with Crippen molar-refractivity contribution in [3.63, 3.8) is 0 Å². The molecule has 24 heavy (non-hydrogen) atoms. The first-order valence-corrected chi connectivity index (χ1v) is 8.89. The number of esters is 1. The Kier molecular flexibility index (Phi) is 7.02. The second-order valence-corrected chi connectivity index (χ2v) is 6.61. The molecule has 5 nitrogen and oxygen atoms in total. The highest BCUT2D eigenvalue weighted by molar-refractivity contribution is 9.10. The maximum Gasteiger partial charge on any atom is 0.308 e. The van der Waals surface area contributed by atoms with E-state index in [1.54, 1.807) is 12.1 Å². The number of ether oxygens (including phenoxy) is 1. The largest absolute Gasteiger partial charge is 0.469 e. The lowest BCUT2D eigenvalue weighted by atomic mass is 9.97. The zero-order valence-electron chi connectivity index (χ0n) is 14.0. The number of carbonyl (C=O) groups is 1. The van der Waals surface area contributed by atoms with E-state index in [2.05, 4.69) is 31.1 Å². The highest BCUT2D eigenvalue weighted by atomic mass is 79.9. The lowest BCUT2D eigenvalue weighted by molar-refractivity contribution is -0.146. The topological polar surface area (TPSA) is 53.9 Å². The third-order valence-corrected chi connectivity index (χ3v) is 4.56. The number of likely N-dealkylation sites (tertiary alicyclic amines) is 1. The van der Waals surface area contributed by atoms with Crippen LogP contribution in [0.2, 0.25) is 0 Å². The van der Waals surface area contributed by atoms with Crippen LogP contribution in [0.15, 0.2) is 27.7 Å². The first kappa shape index (κ1) is 18.7. The van der Waals surface area contributed by atoms with E-state index in [-0.39, 0.29) is 24.2 Å². The van der Waals surface area contributed by atoms with Gasteiger partial charge in [0, 0.05) is 29.7 Å². The molecule has 1 fully saturated rings. The van der Waals surface area contributed by atoms with Crippen molar-refractivity contribution in [2.24, 2.45) is 10.9 Å². The monoisotopic (exact) mass is 399 g/mol. The maximum atomic E-state index is 13.9. The summed E-state index contributed by atoms with van der Waals surface area (Å²) in [7, 11) is 1.42. The van der Waals surface area contributed by atoms with Crippen LogP contribution in [-0.2, 0) is 16.1 Å². The number of carbonyl (C=O) groups excluding carboxylic acids is 1. The molecular weight excluding hydrogens is 377 g/mol. The molecule has 1 aromatic rings. The van der Waals surface area contributed by atoms with E-state index in [0.29, 0.717) is 5.56 Å². The van der Waals surface area contributed by atoms with Gasteiger partial charge in [0.1, 0.15) is 5.82 Å². The second-order valence-electron chi connectivity index (χ2n) is 5.69. The van der Waals surface area contributed by atoms with Crippen LogP contribution in [0, 0.1) is 11.7 Å². The summed E-state index contributed by atoms with van der Waals surface area (Å²) in [6.45, 7) is 4.46. The Morgan fingerprint density at radius 3 is 2.79 bits per heavy atom. The van der Waals surface area contributed by atoms with Crippen molar-refractivity contribution >= 4 is 27.9 Å². The molecule has 0 aliphatic carbocycles. The lowest BCUT2D eigenvalue weighted by Gasteiger charge is -2.33. The van der Waals surface area contributed by atoms with Gasteiger partial charge in [-0.2, -0.15) is 0 Å². The van der Waals surface area contributed by atoms with E-state index in [1.807, 2.05) is 6.92 Å². The Morgan fingerprint density at radius 1 is 1.46 bits per heavy atom. The number of piperidine rings is 1. The van der Waals surface area contributed by atoms with Crippen molar-refractivity contribution in [2.75, 3.05) is 26.7 Å². The summed E-state index contributed by atoms with van der Waals surface area (Å²) in [4.78, 5) is 18.3. The molecule has 0 amide bonds. The molecule has 1 aliphatic heterocycles. The molecule has 1 heterocycles. The summed E-state index contributed by atoms with van der Waals surface area (Å²) in [6, 6.07) is 4.85. The Bertz CT molecular complexity index is 601. The second kappa shape index (κ2) is 9.01. The van der Waals surface area contributed by atoms with Gasteiger partial charge in [0.2, 0.25) is 0 Å². The van der Waals surface area contributed by atoms with E-state index < -0.39 is 0 Å². The van der Waals surface area contributed by atoms with Crippen molar-refractivity contribution < 1.29 is 13.9 Å². The number of hydrogen-bond donors (Lipinski definition) is 1. The highest BCUT2D eigenvalue weighted by Crippen LogP contribution is 2.19. The zero-order valence-corrected chi connectivity index (χ0v) is 15.6. The molecule has 0 saturated carbocycles. The molecule has 0 unspecified atom stereocenters. The van der Waals surface area contributed by atoms with Crippen LogP contribution in [0.1, 0.15) is 25.3 Å². The predicted molar refractivity (Wildman–Crippen MR) is 95.2 cm³/mol. The van der Waals surface area contributed by atoms with Crippen LogP contribution in [0.4, 0.5) is 4.39 Å². The normalized spacial score (nSPS) is 16.2. The molecule has 1 aliphatic rings. The number of nitrogens with zero attached hydrogens (tertiary/aromatic N) is 2. The summed E-state index contributed by atoms with van der Waals surface area (Å²) >= 11 is 3.35. The number of methoxy groups -OCH3 is 1. The van der Waals surface area contributed by atoms with E-state index in [1.165, 1.54) is 13.2 Å². The van der Waals surface area contributed by atoms with E-state index in [4.69, 9.17) is 4.74 Å². The Balaban J connectivity index is 2.04. The molecule has 7 heteroatoms. The van der Waals surface area contributed by atoms with Gasteiger partial charge in [0.05, 0.1) is 19.6 Å². The SMILES string of the molecule is CCNC(=NCc1cc(Br)ccc1F)N1CCC(C(=O)OC)CC1. The first-order chi connectivity index (χ1) is 11.5. The molecule has 1 aromatic carbocycles. The third kappa shape index (κ3) is 4.93. The number of rotatable bonds is 4. The number of guanidine groups is 1. The number of hydrogen-bond acceptors (Lipinski definition) is 3. The van der Waals surface area contributed by atoms with Gasteiger partial charge in [-0.1, -0.05) is 15.9 Å². The number of halogens is 2. The van der Waals surface area contributed by atoms with Gasteiger partial charge < -0.3 is 15.0 Å². The minimum atomic E-state index is -0.262. The molecule has 0 spiro atoms. The van der Waals surface area contributed by atoms with Crippen molar-refractivity contribution in [3.8, 4) is 0 Å². The van der Waals surface area contributed by atoms with Crippen LogP contribution in [0.25, 0.3) is 0 Å². The van der Waals surface area contributed by atoms with Crippen LogP contribution in [-0.4, -0.2) is 43.6 Å². The fraction of sp³-hybridized carbons (Fsp3) is 0.529. The lowest BCUT2D eigenvalue weighted by Crippen LogP contribution is -2.46. The number of nitrogens with one attached hydrogen (secondary N) is 1. The average Bonchev–Trinajstić information content (AvgIpc) is 2.60. The summed E-state index contributed by atoms with van der Waals surface area (Å²) in [5.41, 5.74) is 0.546. The molecule has 1 saturated heterocycles. The Labute approximate surface area is 150 Å². The van der Waals surface area contributed by atoms with Gasteiger partial charge in [0.15, 0.2) is 5.96 Å². The zero-order chi connectivity index (χ0) is 17.5. The van der Waals surface area contributed by atoms with Gasteiger partial charge >= 0.3 is 5.97 Å². The molecule has 0 radical (unpaired) electrons. The van der Waals surface area contributed by atoms with Crippen LogP contribution in [0.3, 0.4) is 0 Å². The summed E-state index contributed by atoms with van der Waals surface area (Å²) in [5.74, 6) is 0.298. The molecule has 0 atom stereocenters. The van der Waals surface area contributed by atoms with Crippen molar-refractivity contribution in [3.05, 3.63) is 34.1 Å². The predicted octanol–water partition coefficient (Wildman–Crippen LogP) is 2.94. The first-order valence-electron chi connectivity index (χ1n) is 8.10.